The molecule has 32 heavy (non-hydrogen) atoms. The van der Waals surface area contributed by atoms with Crippen molar-refractivity contribution in [2.75, 3.05) is 6.61 Å². The molecular formula is C24H19NO7. The minimum absolute atomic E-state index is 0.138. The van der Waals surface area contributed by atoms with Crippen molar-refractivity contribution in [3.63, 3.8) is 0 Å². The second kappa shape index (κ2) is 9.22. The van der Waals surface area contributed by atoms with Gasteiger partial charge < -0.3 is 23.6 Å². The molecule has 8 heteroatoms. The van der Waals surface area contributed by atoms with Crippen molar-refractivity contribution in [2.45, 2.75) is 13.5 Å². The molecule has 0 atom stereocenters. The lowest BCUT2D eigenvalue weighted by Crippen LogP contribution is -2.27. The number of carbonyl (C=O) groups is 2. The van der Waals surface area contributed by atoms with Gasteiger partial charge in [0.2, 0.25) is 0 Å². The Kier molecular flexibility index (Phi) is 6.03. The number of benzene rings is 2. The van der Waals surface area contributed by atoms with Crippen LogP contribution in [0.25, 0.3) is 11.0 Å². The normalized spacial score (nSPS) is 10.7. The van der Waals surface area contributed by atoms with Crippen LogP contribution in [0, 0.1) is 6.92 Å². The molecule has 4 rings (SSSR count). The molecule has 0 radical (unpaired) electrons. The number of hydrogen-bond acceptors (Lipinski definition) is 7. The Morgan fingerprint density at radius 3 is 2.66 bits per heavy atom. The second-order valence-electron chi connectivity index (χ2n) is 6.94. The van der Waals surface area contributed by atoms with Gasteiger partial charge in [0.1, 0.15) is 28.4 Å². The first kappa shape index (κ1) is 20.9. The number of aryl methyl sites for hydroxylation is 1. The van der Waals surface area contributed by atoms with Crippen LogP contribution in [-0.2, 0) is 11.3 Å². The lowest BCUT2D eigenvalue weighted by Gasteiger charge is -2.09. The number of nitrogens with one attached hydrogen (secondary N) is 1. The molecule has 0 spiro atoms. The van der Waals surface area contributed by atoms with Gasteiger partial charge in [0.05, 0.1) is 12.8 Å². The van der Waals surface area contributed by atoms with E-state index in [1.807, 2.05) is 25.1 Å². The fourth-order valence-electron chi connectivity index (χ4n) is 3.01. The van der Waals surface area contributed by atoms with Crippen molar-refractivity contribution in [3.05, 3.63) is 94.2 Å². The highest BCUT2D eigenvalue weighted by atomic mass is 16.6. The van der Waals surface area contributed by atoms with E-state index in [2.05, 4.69) is 5.32 Å². The molecule has 0 fully saturated rings. The molecule has 0 aliphatic rings. The summed E-state index contributed by atoms with van der Waals surface area (Å²) in [5.74, 6) is 0.145. The highest BCUT2D eigenvalue weighted by Crippen LogP contribution is 2.21. The van der Waals surface area contributed by atoms with Crippen LogP contribution in [0.4, 0.5) is 0 Å². The van der Waals surface area contributed by atoms with Crippen LogP contribution >= 0.6 is 0 Å². The van der Waals surface area contributed by atoms with Gasteiger partial charge in [-0.1, -0.05) is 18.2 Å². The van der Waals surface area contributed by atoms with Crippen molar-refractivity contribution in [2.24, 2.45) is 0 Å². The molecular weight excluding hydrogens is 414 g/mol. The molecule has 0 unspecified atom stereocenters. The lowest BCUT2D eigenvalue weighted by atomic mass is 10.1. The van der Waals surface area contributed by atoms with E-state index >= 15 is 0 Å². The highest BCUT2D eigenvalue weighted by Gasteiger charge is 2.15. The van der Waals surface area contributed by atoms with Gasteiger partial charge in [0.15, 0.2) is 6.61 Å². The standard InChI is InChI=1S/C24H19NO7/c1-15-5-2-3-7-20(15)30-14-22(26)31-17-9-8-16-11-19(24(28)32-21(16)12-17)23(27)25-13-18-6-4-10-29-18/h2-12H,13-14H2,1H3,(H,25,27). The SMILES string of the molecule is Cc1ccccc1OCC(=O)Oc1ccc2cc(C(=O)NCc3ccco3)c(=O)oc2c1. The number of fused-ring (bicyclic) bond motifs is 1. The van der Waals surface area contributed by atoms with E-state index in [0.29, 0.717) is 16.9 Å². The van der Waals surface area contributed by atoms with Crippen LogP contribution in [0.5, 0.6) is 11.5 Å². The molecule has 2 heterocycles. The van der Waals surface area contributed by atoms with Crippen LogP contribution in [0.1, 0.15) is 21.7 Å². The summed E-state index contributed by atoms with van der Waals surface area (Å²) < 4.78 is 21.1. The van der Waals surface area contributed by atoms with Crippen LogP contribution in [0.15, 0.2) is 80.6 Å². The highest BCUT2D eigenvalue weighted by molar-refractivity contribution is 5.96. The molecule has 1 amide bonds. The molecule has 8 nitrogen and oxygen atoms in total. The van der Waals surface area contributed by atoms with Gasteiger partial charge in [-0.15, -0.1) is 0 Å². The maximum absolute atomic E-state index is 12.3. The number of amides is 1. The quantitative estimate of drug-likeness (QED) is 0.269. The van der Waals surface area contributed by atoms with Gasteiger partial charge in [-0.3, -0.25) is 4.79 Å². The van der Waals surface area contributed by atoms with E-state index < -0.39 is 17.5 Å². The summed E-state index contributed by atoms with van der Waals surface area (Å²) in [7, 11) is 0. The van der Waals surface area contributed by atoms with E-state index in [-0.39, 0.29) is 30.0 Å². The average molecular weight is 433 g/mol. The minimum atomic E-state index is -0.805. The Balaban J connectivity index is 1.43. The smallest absolute Gasteiger partial charge is 0.349 e. The Hall–Kier alpha value is -4.33. The summed E-state index contributed by atoms with van der Waals surface area (Å²) in [4.78, 5) is 36.7. The number of esters is 1. The second-order valence-corrected chi connectivity index (χ2v) is 6.94. The van der Waals surface area contributed by atoms with Gasteiger partial charge in [-0.25, -0.2) is 9.59 Å². The zero-order valence-electron chi connectivity index (χ0n) is 17.1. The van der Waals surface area contributed by atoms with Gasteiger partial charge in [-0.2, -0.15) is 0 Å². The molecule has 0 aliphatic carbocycles. The number of furan rings is 1. The molecule has 162 valence electrons. The summed E-state index contributed by atoms with van der Waals surface area (Å²) in [5.41, 5.74) is 0.140. The number of rotatable bonds is 7. The summed E-state index contributed by atoms with van der Waals surface area (Å²) in [6.45, 7) is 1.74. The Labute approximate surface area is 182 Å². The Morgan fingerprint density at radius 2 is 1.88 bits per heavy atom. The zero-order valence-corrected chi connectivity index (χ0v) is 17.1. The molecule has 0 saturated heterocycles. The molecule has 0 saturated carbocycles. The zero-order chi connectivity index (χ0) is 22.5. The van der Waals surface area contributed by atoms with Crippen molar-refractivity contribution < 1.29 is 27.9 Å². The van der Waals surface area contributed by atoms with E-state index in [9.17, 15) is 14.4 Å². The third-order valence-corrected chi connectivity index (χ3v) is 4.63. The summed E-state index contributed by atoms with van der Waals surface area (Å²) >= 11 is 0. The van der Waals surface area contributed by atoms with Crippen LogP contribution in [-0.4, -0.2) is 18.5 Å². The van der Waals surface area contributed by atoms with E-state index in [0.717, 1.165) is 5.56 Å². The third-order valence-electron chi connectivity index (χ3n) is 4.63. The monoisotopic (exact) mass is 433 g/mol. The van der Waals surface area contributed by atoms with E-state index in [4.69, 9.17) is 18.3 Å². The number of hydrogen-bond donors (Lipinski definition) is 1. The summed E-state index contributed by atoms with van der Waals surface area (Å²) in [6, 6.07) is 16.7. The van der Waals surface area contributed by atoms with Crippen molar-refractivity contribution >= 4 is 22.8 Å². The molecule has 2 aromatic heterocycles. The van der Waals surface area contributed by atoms with Gasteiger partial charge in [0, 0.05) is 11.5 Å². The van der Waals surface area contributed by atoms with E-state index in [1.54, 1.807) is 30.3 Å². The van der Waals surface area contributed by atoms with Crippen molar-refractivity contribution in [3.8, 4) is 11.5 Å². The molecule has 0 aliphatic heterocycles. The molecule has 0 bridgehead atoms. The summed E-state index contributed by atoms with van der Waals surface area (Å²) in [5, 5.41) is 3.10. The maximum Gasteiger partial charge on any atom is 0.349 e. The van der Waals surface area contributed by atoms with Gasteiger partial charge >= 0.3 is 11.6 Å². The largest absolute Gasteiger partial charge is 0.482 e. The topological polar surface area (TPSA) is 108 Å². The number of ether oxygens (including phenoxy) is 2. The van der Waals surface area contributed by atoms with Gasteiger partial charge in [-0.05, 0) is 48.9 Å². The summed E-state index contributed by atoms with van der Waals surface area (Å²) in [6.07, 6.45) is 1.49. The van der Waals surface area contributed by atoms with Crippen molar-refractivity contribution in [1.82, 2.24) is 5.32 Å². The first-order chi connectivity index (χ1) is 15.5. The number of para-hydroxylation sites is 1. The Morgan fingerprint density at radius 1 is 1.03 bits per heavy atom. The third kappa shape index (κ3) is 4.86. The predicted molar refractivity (Wildman–Crippen MR) is 115 cm³/mol. The average Bonchev–Trinajstić information content (AvgIpc) is 3.30. The predicted octanol–water partition coefficient (Wildman–Crippen LogP) is 3.61. The molecule has 2 aromatic carbocycles. The fraction of sp³-hybridized carbons (Fsp3) is 0.125. The minimum Gasteiger partial charge on any atom is -0.482 e. The van der Waals surface area contributed by atoms with Crippen molar-refractivity contribution in [1.29, 1.82) is 0 Å². The maximum atomic E-state index is 12.3. The van der Waals surface area contributed by atoms with Gasteiger partial charge in [0.25, 0.3) is 5.91 Å². The van der Waals surface area contributed by atoms with Crippen LogP contribution in [0.2, 0.25) is 0 Å². The first-order valence-electron chi connectivity index (χ1n) is 9.77. The molecule has 1 N–H and O–H groups in total. The van der Waals surface area contributed by atoms with Crippen LogP contribution in [0.3, 0.4) is 0 Å². The lowest BCUT2D eigenvalue weighted by molar-refractivity contribution is -0.136. The number of carbonyl (C=O) groups excluding carboxylic acids is 2. The molecule has 4 aromatic rings. The first-order valence-corrected chi connectivity index (χ1v) is 9.77. The fourth-order valence-corrected chi connectivity index (χ4v) is 3.01. The van der Waals surface area contributed by atoms with Crippen LogP contribution < -0.4 is 20.4 Å². The Bertz CT molecular complexity index is 1320. The van der Waals surface area contributed by atoms with E-state index in [1.165, 1.54) is 18.4 Å².